The molecular formula is C17H25N3. The van der Waals surface area contributed by atoms with Gasteiger partial charge in [-0.2, -0.15) is 0 Å². The first-order chi connectivity index (χ1) is 9.47. The number of aromatic nitrogens is 2. The quantitative estimate of drug-likeness (QED) is 0.853. The maximum Gasteiger partial charge on any atom is 0.207 e. The van der Waals surface area contributed by atoms with Crippen LogP contribution in [0, 0.1) is 12.8 Å². The SMILES string of the molecule is Cc1cn(CC(C)C)c(Nc2ccccc2C(C)C)n1. The minimum Gasteiger partial charge on any atom is -0.325 e. The van der Waals surface area contributed by atoms with E-state index in [1.54, 1.807) is 0 Å². The van der Waals surface area contributed by atoms with Gasteiger partial charge in [-0.3, -0.25) is 0 Å². The average molecular weight is 271 g/mol. The zero-order valence-electron chi connectivity index (χ0n) is 13.1. The molecule has 1 aromatic carbocycles. The molecule has 2 rings (SSSR count). The van der Waals surface area contributed by atoms with Crippen molar-refractivity contribution < 1.29 is 0 Å². The highest BCUT2D eigenvalue weighted by molar-refractivity contribution is 5.59. The fourth-order valence-electron chi connectivity index (χ4n) is 2.41. The monoisotopic (exact) mass is 271 g/mol. The van der Waals surface area contributed by atoms with Gasteiger partial charge < -0.3 is 9.88 Å². The Morgan fingerprint density at radius 2 is 1.85 bits per heavy atom. The summed E-state index contributed by atoms with van der Waals surface area (Å²) in [6.45, 7) is 11.9. The fraction of sp³-hybridized carbons (Fsp3) is 0.471. The lowest BCUT2D eigenvalue weighted by Gasteiger charge is -2.16. The van der Waals surface area contributed by atoms with E-state index in [4.69, 9.17) is 0 Å². The molecule has 3 nitrogen and oxygen atoms in total. The van der Waals surface area contributed by atoms with Crippen LogP contribution in [0.4, 0.5) is 11.6 Å². The largest absolute Gasteiger partial charge is 0.325 e. The zero-order chi connectivity index (χ0) is 14.7. The van der Waals surface area contributed by atoms with E-state index in [-0.39, 0.29) is 0 Å². The van der Waals surface area contributed by atoms with Crippen molar-refractivity contribution in [3.05, 3.63) is 41.7 Å². The van der Waals surface area contributed by atoms with Crippen LogP contribution in [-0.4, -0.2) is 9.55 Å². The van der Waals surface area contributed by atoms with E-state index in [1.807, 2.05) is 6.92 Å². The van der Waals surface area contributed by atoms with Crippen molar-refractivity contribution >= 4 is 11.6 Å². The molecule has 3 heteroatoms. The lowest BCUT2D eigenvalue weighted by atomic mass is 10.0. The van der Waals surface area contributed by atoms with Crippen molar-refractivity contribution in [2.24, 2.45) is 5.92 Å². The topological polar surface area (TPSA) is 29.9 Å². The standard InChI is InChI=1S/C17H25N3/c1-12(2)10-20-11-14(5)18-17(20)19-16-9-7-6-8-15(16)13(3)4/h6-9,11-13H,10H2,1-5H3,(H,18,19). The minimum absolute atomic E-state index is 0.494. The second-order valence-electron chi connectivity index (χ2n) is 6.12. The second-order valence-corrected chi connectivity index (χ2v) is 6.12. The lowest BCUT2D eigenvalue weighted by molar-refractivity contribution is 0.527. The maximum absolute atomic E-state index is 4.61. The molecule has 108 valence electrons. The van der Waals surface area contributed by atoms with Gasteiger partial charge in [0.1, 0.15) is 0 Å². The number of para-hydroxylation sites is 1. The lowest BCUT2D eigenvalue weighted by Crippen LogP contribution is -2.08. The molecule has 0 aliphatic carbocycles. The third kappa shape index (κ3) is 3.41. The average Bonchev–Trinajstić information content (AvgIpc) is 2.69. The highest BCUT2D eigenvalue weighted by atomic mass is 15.2. The molecule has 0 radical (unpaired) electrons. The van der Waals surface area contributed by atoms with E-state index in [9.17, 15) is 0 Å². The molecule has 0 amide bonds. The van der Waals surface area contributed by atoms with E-state index in [1.165, 1.54) is 5.56 Å². The van der Waals surface area contributed by atoms with E-state index in [2.05, 4.69) is 73.0 Å². The van der Waals surface area contributed by atoms with Crippen LogP contribution >= 0.6 is 0 Å². The third-order valence-electron chi connectivity index (χ3n) is 3.29. The van der Waals surface area contributed by atoms with Gasteiger partial charge in [0.25, 0.3) is 0 Å². The fourth-order valence-corrected chi connectivity index (χ4v) is 2.41. The number of rotatable bonds is 5. The number of nitrogens with zero attached hydrogens (tertiary/aromatic N) is 2. The molecule has 0 saturated carbocycles. The van der Waals surface area contributed by atoms with Crippen molar-refractivity contribution in [2.45, 2.75) is 47.1 Å². The van der Waals surface area contributed by atoms with Crippen molar-refractivity contribution in [1.82, 2.24) is 9.55 Å². The number of aryl methyl sites for hydroxylation is 1. The van der Waals surface area contributed by atoms with Crippen LogP contribution in [0.2, 0.25) is 0 Å². The Bertz CT molecular complexity index is 567. The molecule has 0 unspecified atom stereocenters. The molecule has 0 saturated heterocycles. The predicted molar refractivity (Wildman–Crippen MR) is 85.6 cm³/mol. The molecule has 1 N–H and O–H groups in total. The number of hydrogen-bond acceptors (Lipinski definition) is 2. The zero-order valence-corrected chi connectivity index (χ0v) is 13.1. The number of anilines is 2. The molecule has 0 fully saturated rings. The molecule has 0 spiro atoms. The Balaban J connectivity index is 2.30. The highest BCUT2D eigenvalue weighted by Gasteiger charge is 2.11. The van der Waals surface area contributed by atoms with Crippen molar-refractivity contribution in [3.63, 3.8) is 0 Å². The summed E-state index contributed by atoms with van der Waals surface area (Å²) in [4.78, 5) is 4.61. The van der Waals surface area contributed by atoms with Crippen molar-refractivity contribution in [3.8, 4) is 0 Å². The molecule has 0 atom stereocenters. The summed E-state index contributed by atoms with van der Waals surface area (Å²) in [5.74, 6) is 2.03. The number of benzene rings is 1. The van der Waals surface area contributed by atoms with Crippen LogP contribution in [0.15, 0.2) is 30.5 Å². The third-order valence-corrected chi connectivity index (χ3v) is 3.29. The van der Waals surface area contributed by atoms with Gasteiger partial charge in [-0.25, -0.2) is 4.98 Å². The van der Waals surface area contributed by atoms with Gasteiger partial charge in [-0.15, -0.1) is 0 Å². The van der Waals surface area contributed by atoms with Crippen LogP contribution in [0.5, 0.6) is 0 Å². The van der Waals surface area contributed by atoms with Crippen molar-refractivity contribution in [1.29, 1.82) is 0 Å². The van der Waals surface area contributed by atoms with Gasteiger partial charge in [0.2, 0.25) is 5.95 Å². The minimum atomic E-state index is 0.494. The van der Waals surface area contributed by atoms with Crippen LogP contribution in [0.25, 0.3) is 0 Å². The van der Waals surface area contributed by atoms with Crippen LogP contribution in [0.3, 0.4) is 0 Å². The van der Waals surface area contributed by atoms with Gasteiger partial charge in [0.05, 0.1) is 5.69 Å². The van der Waals surface area contributed by atoms with Crippen LogP contribution in [-0.2, 0) is 6.54 Å². The number of hydrogen-bond donors (Lipinski definition) is 1. The molecule has 0 aliphatic rings. The van der Waals surface area contributed by atoms with Gasteiger partial charge in [0, 0.05) is 18.4 Å². The van der Waals surface area contributed by atoms with E-state index in [0.29, 0.717) is 11.8 Å². The normalized spacial score (nSPS) is 11.3. The van der Waals surface area contributed by atoms with E-state index < -0.39 is 0 Å². The molecule has 0 aliphatic heterocycles. The van der Waals surface area contributed by atoms with Gasteiger partial charge >= 0.3 is 0 Å². The first-order valence-electron chi connectivity index (χ1n) is 7.37. The highest BCUT2D eigenvalue weighted by Crippen LogP contribution is 2.26. The van der Waals surface area contributed by atoms with Crippen LogP contribution in [0.1, 0.15) is 44.9 Å². The second kappa shape index (κ2) is 6.12. The molecule has 1 aromatic heterocycles. The number of imidazole rings is 1. The first kappa shape index (κ1) is 14.6. The summed E-state index contributed by atoms with van der Waals surface area (Å²) in [7, 11) is 0. The summed E-state index contributed by atoms with van der Waals surface area (Å²) in [5, 5.41) is 3.50. The summed E-state index contributed by atoms with van der Waals surface area (Å²) in [6, 6.07) is 8.46. The molecule has 1 heterocycles. The Morgan fingerprint density at radius 1 is 1.15 bits per heavy atom. The Morgan fingerprint density at radius 3 is 2.50 bits per heavy atom. The Labute approximate surface area is 122 Å². The van der Waals surface area contributed by atoms with Crippen LogP contribution < -0.4 is 5.32 Å². The first-order valence-corrected chi connectivity index (χ1v) is 7.37. The molecule has 0 bridgehead atoms. The van der Waals surface area contributed by atoms with E-state index >= 15 is 0 Å². The summed E-state index contributed by atoms with van der Waals surface area (Å²) < 4.78 is 2.21. The van der Waals surface area contributed by atoms with Gasteiger partial charge in [0.15, 0.2) is 0 Å². The maximum atomic E-state index is 4.61. The molecule has 20 heavy (non-hydrogen) atoms. The summed E-state index contributed by atoms with van der Waals surface area (Å²) in [6.07, 6.45) is 2.11. The predicted octanol–water partition coefficient (Wildman–Crippen LogP) is 4.71. The smallest absolute Gasteiger partial charge is 0.207 e. The van der Waals surface area contributed by atoms with Gasteiger partial charge in [-0.1, -0.05) is 45.9 Å². The molecular weight excluding hydrogens is 246 g/mol. The summed E-state index contributed by atoms with van der Waals surface area (Å²) >= 11 is 0. The van der Waals surface area contributed by atoms with E-state index in [0.717, 1.165) is 23.9 Å². The Kier molecular flexibility index (Phi) is 4.48. The number of nitrogens with one attached hydrogen (secondary N) is 1. The Hall–Kier alpha value is -1.77. The molecule has 2 aromatic rings. The van der Waals surface area contributed by atoms with Gasteiger partial charge in [-0.05, 0) is 30.4 Å². The van der Waals surface area contributed by atoms with Crippen molar-refractivity contribution in [2.75, 3.05) is 5.32 Å². The summed E-state index contributed by atoms with van der Waals surface area (Å²) in [5.41, 5.74) is 3.53.